The number of aromatic amines is 1. The Morgan fingerprint density at radius 3 is 2.91 bits per heavy atom. The molecule has 1 saturated heterocycles. The van der Waals surface area contributed by atoms with Crippen LogP contribution in [0.15, 0.2) is 18.3 Å². The van der Waals surface area contributed by atoms with Crippen LogP contribution in [0, 0.1) is 0 Å². The van der Waals surface area contributed by atoms with Crippen molar-refractivity contribution in [2.24, 2.45) is 0 Å². The second-order valence-electron chi connectivity index (χ2n) is 6.14. The summed E-state index contributed by atoms with van der Waals surface area (Å²) in [6.07, 6.45) is 4.58. The third-order valence-corrected chi connectivity index (χ3v) is 4.16. The first-order valence-electron chi connectivity index (χ1n) is 7.36. The van der Waals surface area contributed by atoms with Crippen LogP contribution in [0.1, 0.15) is 18.5 Å². The smallest absolute Gasteiger partial charge is 0.226 e. The summed E-state index contributed by atoms with van der Waals surface area (Å²) in [6, 6.07) is 4.27. The van der Waals surface area contributed by atoms with E-state index in [2.05, 4.69) is 25.5 Å². The standard InChI is InChI=1S/C14H17ClN6O/c15-13-18-11(17-9-1-2-9)5-12(19-13)21-7-14(22,8-21)6-10-3-4-16-20-10/h3-5,9,22H,1-2,6-8H2,(H,16,20)(H,17,18,19). The van der Waals surface area contributed by atoms with Gasteiger partial charge in [-0.05, 0) is 30.5 Å². The fourth-order valence-electron chi connectivity index (χ4n) is 2.75. The van der Waals surface area contributed by atoms with Gasteiger partial charge in [0.1, 0.15) is 17.2 Å². The van der Waals surface area contributed by atoms with Gasteiger partial charge in [-0.15, -0.1) is 0 Å². The van der Waals surface area contributed by atoms with Crippen molar-refractivity contribution in [3.8, 4) is 0 Å². The van der Waals surface area contributed by atoms with Gasteiger partial charge in [0.25, 0.3) is 0 Å². The van der Waals surface area contributed by atoms with Crippen LogP contribution >= 0.6 is 11.6 Å². The Morgan fingerprint density at radius 2 is 2.23 bits per heavy atom. The minimum Gasteiger partial charge on any atom is -0.386 e. The SMILES string of the molecule is OC1(Cc2ccn[nH]2)CN(c2cc(NC3CC3)nc(Cl)n2)C1. The normalized spacial score (nSPS) is 19.8. The van der Waals surface area contributed by atoms with E-state index in [1.54, 1.807) is 6.20 Å². The number of H-pyrrole nitrogens is 1. The molecule has 0 spiro atoms. The van der Waals surface area contributed by atoms with Crippen molar-refractivity contribution in [1.29, 1.82) is 0 Å². The average Bonchev–Trinajstić information content (AvgIpc) is 3.09. The highest BCUT2D eigenvalue weighted by Crippen LogP contribution is 2.31. The highest BCUT2D eigenvalue weighted by atomic mass is 35.5. The number of aliphatic hydroxyl groups is 1. The van der Waals surface area contributed by atoms with Crippen LogP contribution in [0.25, 0.3) is 0 Å². The minimum absolute atomic E-state index is 0.227. The number of anilines is 2. The van der Waals surface area contributed by atoms with E-state index in [9.17, 15) is 5.11 Å². The van der Waals surface area contributed by atoms with Crippen molar-refractivity contribution in [1.82, 2.24) is 20.2 Å². The van der Waals surface area contributed by atoms with Crippen molar-refractivity contribution in [3.05, 3.63) is 29.3 Å². The molecular weight excluding hydrogens is 304 g/mol. The van der Waals surface area contributed by atoms with Crippen LogP contribution in [-0.2, 0) is 6.42 Å². The number of rotatable bonds is 5. The largest absolute Gasteiger partial charge is 0.386 e. The molecule has 0 unspecified atom stereocenters. The van der Waals surface area contributed by atoms with E-state index >= 15 is 0 Å². The van der Waals surface area contributed by atoms with Gasteiger partial charge in [0.15, 0.2) is 0 Å². The molecular formula is C14H17ClN6O. The molecule has 0 aromatic carbocycles. The predicted molar refractivity (Wildman–Crippen MR) is 83.1 cm³/mol. The van der Waals surface area contributed by atoms with Gasteiger partial charge >= 0.3 is 0 Å². The lowest BCUT2D eigenvalue weighted by Gasteiger charge is -2.47. The first-order valence-corrected chi connectivity index (χ1v) is 7.74. The summed E-state index contributed by atoms with van der Waals surface area (Å²) < 4.78 is 0. The maximum absolute atomic E-state index is 10.5. The van der Waals surface area contributed by atoms with Gasteiger partial charge in [-0.25, -0.2) is 9.97 Å². The zero-order chi connectivity index (χ0) is 15.2. The Hall–Kier alpha value is -1.86. The van der Waals surface area contributed by atoms with E-state index in [1.807, 2.05) is 17.0 Å². The van der Waals surface area contributed by atoms with Crippen LogP contribution in [-0.4, -0.2) is 50.0 Å². The number of aromatic nitrogens is 4. The van der Waals surface area contributed by atoms with Gasteiger partial charge in [0, 0.05) is 30.4 Å². The molecule has 1 aliphatic heterocycles. The average molecular weight is 321 g/mol. The summed E-state index contributed by atoms with van der Waals surface area (Å²) in [5.74, 6) is 1.50. The van der Waals surface area contributed by atoms with Crippen LogP contribution in [0.4, 0.5) is 11.6 Å². The Balaban J connectivity index is 1.44. The quantitative estimate of drug-likeness (QED) is 0.718. The van der Waals surface area contributed by atoms with Gasteiger partial charge < -0.3 is 15.3 Å². The number of β-amino-alcohol motifs (C(OH)–C–C–N with tert-alkyl or cyclic N) is 1. The molecule has 1 saturated carbocycles. The van der Waals surface area contributed by atoms with E-state index in [1.165, 1.54) is 12.8 Å². The lowest BCUT2D eigenvalue weighted by atomic mass is 9.89. The molecule has 0 atom stereocenters. The first kappa shape index (κ1) is 13.8. The summed E-state index contributed by atoms with van der Waals surface area (Å²) in [4.78, 5) is 10.4. The Bertz CT molecular complexity index is 666. The molecule has 4 rings (SSSR count). The molecule has 2 aliphatic rings. The zero-order valence-electron chi connectivity index (χ0n) is 12.0. The van der Waals surface area contributed by atoms with Gasteiger partial charge in [0.05, 0.1) is 13.1 Å². The molecule has 116 valence electrons. The van der Waals surface area contributed by atoms with Gasteiger partial charge in [0.2, 0.25) is 5.28 Å². The molecule has 0 bridgehead atoms. The highest BCUT2D eigenvalue weighted by Gasteiger charge is 2.42. The number of halogens is 1. The Labute approximate surface area is 132 Å². The van der Waals surface area contributed by atoms with Crippen LogP contribution < -0.4 is 10.2 Å². The summed E-state index contributed by atoms with van der Waals surface area (Å²) in [5, 5.41) is 20.9. The fraction of sp³-hybridized carbons (Fsp3) is 0.500. The van der Waals surface area contributed by atoms with Crippen molar-refractivity contribution >= 4 is 23.2 Å². The minimum atomic E-state index is -0.756. The molecule has 0 radical (unpaired) electrons. The summed E-state index contributed by atoms with van der Waals surface area (Å²) >= 11 is 6.00. The molecule has 2 aromatic rings. The van der Waals surface area contributed by atoms with Gasteiger partial charge in [-0.2, -0.15) is 5.10 Å². The third kappa shape index (κ3) is 2.86. The molecule has 2 fully saturated rings. The van der Waals surface area contributed by atoms with E-state index in [-0.39, 0.29) is 5.28 Å². The molecule has 2 aromatic heterocycles. The second-order valence-corrected chi connectivity index (χ2v) is 6.48. The van der Waals surface area contributed by atoms with Crippen LogP contribution in [0.3, 0.4) is 0 Å². The number of nitrogens with one attached hydrogen (secondary N) is 2. The van der Waals surface area contributed by atoms with Crippen LogP contribution in [0.5, 0.6) is 0 Å². The van der Waals surface area contributed by atoms with Crippen molar-refractivity contribution in [2.45, 2.75) is 30.9 Å². The topological polar surface area (TPSA) is 90.0 Å². The molecule has 0 amide bonds. The molecule has 1 aliphatic carbocycles. The predicted octanol–water partition coefficient (Wildman–Crippen LogP) is 1.22. The van der Waals surface area contributed by atoms with Crippen molar-refractivity contribution < 1.29 is 5.11 Å². The maximum atomic E-state index is 10.5. The zero-order valence-corrected chi connectivity index (χ0v) is 12.7. The van der Waals surface area contributed by atoms with Gasteiger partial charge in [-0.1, -0.05) is 0 Å². The van der Waals surface area contributed by atoms with E-state index < -0.39 is 5.60 Å². The van der Waals surface area contributed by atoms with Crippen molar-refractivity contribution in [3.63, 3.8) is 0 Å². The molecule has 3 heterocycles. The van der Waals surface area contributed by atoms with E-state index in [0.29, 0.717) is 25.6 Å². The van der Waals surface area contributed by atoms with Crippen molar-refractivity contribution in [2.75, 3.05) is 23.3 Å². The summed E-state index contributed by atoms with van der Waals surface area (Å²) in [6.45, 7) is 1.03. The molecule has 8 heteroatoms. The Morgan fingerprint density at radius 1 is 1.41 bits per heavy atom. The van der Waals surface area contributed by atoms with E-state index in [0.717, 1.165) is 17.3 Å². The van der Waals surface area contributed by atoms with Crippen LogP contribution in [0.2, 0.25) is 5.28 Å². The molecule has 3 N–H and O–H groups in total. The lowest BCUT2D eigenvalue weighted by molar-refractivity contribution is 0.0111. The third-order valence-electron chi connectivity index (χ3n) is 3.99. The molecule has 7 nitrogen and oxygen atoms in total. The fourth-order valence-corrected chi connectivity index (χ4v) is 2.93. The summed E-state index contributed by atoms with van der Waals surface area (Å²) in [7, 11) is 0. The maximum Gasteiger partial charge on any atom is 0.226 e. The monoisotopic (exact) mass is 320 g/mol. The number of nitrogens with zero attached hydrogens (tertiary/aromatic N) is 4. The van der Waals surface area contributed by atoms with Gasteiger partial charge in [-0.3, -0.25) is 5.10 Å². The number of hydrogen-bond donors (Lipinski definition) is 3. The first-order chi connectivity index (χ1) is 10.6. The summed E-state index contributed by atoms with van der Waals surface area (Å²) in [5.41, 5.74) is 0.174. The Kier molecular flexibility index (Phi) is 3.19. The molecule has 22 heavy (non-hydrogen) atoms. The van der Waals surface area contributed by atoms with E-state index in [4.69, 9.17) is 11.6 Å². The lowest BCUT2D eigenvalue weighted by Crippen LogP contribution is -2.63. The number of hydrogen-bond acceptors (Lipinski definition) is 6. The second kappa shape index (κ2) is 5.10. The highest BCUT2D eigenvalue weighted by molar-refractivity contribution is 6.28.